The average Bonchev–Trinajstić information content (AvgIpc) is 3.45. The van der Waals surface area contributed by atoms with Crippen molar-refractivity contribution in [1.29, 1.82) is 0 Å². The Morgan fingerprint density at radius 1 is 1.23 bits per heavy atom. The SMILES string of the molecule is Cc1cc(-c2cc(C(=O)NCc3cccnc3N3CCOCC3)c3cnn(C(C)C)c3n2)c(C)s1. The summed E-state index contributed by atoms with van der Waals surface area (Å²) < 4.78 is 7.36. The number of carbonyl (C=O) groups excluding carboxylic acids is 1. The molecule has 0 aliphatic carbocycles. The molecule has 5 rings (SSSR count). The van der Waals surface area contributed by atoms with Gasteiger partial charge >= 0.3 is 0 Å². The largest absolute Gasteiger partial charge is 0.378 e. The first-order valence-electron chi connectivity index (χ1n) is 11.9. The highest BCUT2D eigenvalue weighted by molar-refractivity contribution is 7.12. The Hall–Kier alpha value is -3.30. The van der Waals surface area contributed by atoms with Crippen LogP contribution in [0.15, 0.2) is 36.7 Å². The van der Waals surface area contributed by atoms with Gasteiger partial charge in [0.15, 0.2) is 5.65 Å². The van der Waals surface area contributed by atoms with E-state index in [4.69, 9.17) is 9.72 Å². The molecule has 1 amide bonds. The van der Waals surface area contributed by atoms with Crippen molar-refractivity contribution in [3.8, 4) is 11.3 Å². The van der Waals surface area contributed by atoms with Gasteiger partial charge < -0.3 is 15.0 Å². The third kappa shape index (κ3) is 4.66. The van der Waals surface area contributed by atoms with Crippen molar-refractivity contribution in [1.82, 2.24) is 25.1 Å². The number of ether oxygens (including phenoxy) is 1. The molecule has 4 aromatic rings. The third-order valence-electron chi connectivity index (χ3n) is 6.23. The molecule has 5 heterocycles. The van der Waals surface area contributed by atoms with Crippen LogP contribution in [-0.4, -0.2) is 52.0 Å². The summed E-state index contributed by atoms with van der Waals surface area (Å²) >= 11 is 1.74. The van der Waals surface area contributed by atoms with Gasteiger partial charge in [0.05, 0.1) is 36.1 Å². The Bertz CT molecular complexity index is 1370. The van der Waals surface area contributed by atoms with E-state index in [9.17, 15) is 4.79 Å². The normalized spacial score (nSPS) is 14.1. The molecule has 9 heteroatoms. The molecule has 182 valence electrons. The van der Waals surface area contributed by atoms with Crippen LogP contribution in [0.25, 0.3) is 22.3 Å². The number of morpholine rings is 1. The zero-order valence-corrected chi connectivity index (χ0v) is 21.4. The van der Waals surface area contributed by atoms with Crippen LogP contribution in [0.1, 0.15) is 45.6 Å². The number of anilines is 1. The van der Waals surface area contributed by atoms with E-state index in [-0.39, 0.29) is 11.9 Å². The van der Waals surface area contributed by atoms with Crippen molar-refractivity contribution in [2.24, 2.45) is 0 Å². The van der Waals surface area contributed by atoms with Crippen molar-refractivity contribution >= 4 is 34.1 Å². The number of aryl methyl sites for hydroxylation is 2. The van der Waals surface area contributed by atoms with E-state index in [1.807, 2.05) is 22.9 Å². The Kier molecular flexibility index (Phi) is 6.53. The zero-order chi connectivity index (χ0) is 24.5. The minimum absolute atomic E-state index is 0.128. The van der Waals surface area contributed by atoms with E-state index in [2.05, 4.69) is 54.1 Å². The highest BCUT2D eigenvalue weighted by Crippen LogP contribution is 2.32. The van der Waals surface area contributed by atoms with Gasteiger partial charge in [-0.05, 0) is 45.9 Å². The Labute approximate surface area is 209 Å². The number of amides is 1. The number of thiophene rings is 1. The lowest BCUT2D eigenvalue weighted by molar-refractivity contribution is 0.0952. The number of hydrogen-bond acceptors (Lipinski definition) is 7. The molecular weight excluding hydrogens is 460 g/mol. The van der Waals surface area contributed by atoms with E-state index in [1.165, 1.54) is 9.75 Å². The molecule has 0 radical (unpaired) electrons. The molecule has 0 bridgehead atoms. The van der Waals surface area contributed by atoms with Gasteiger partial charge in [0.2, 0.25) is 0 Å². The molecule has 0 unspecified atom stereocenters. The van der Waals surface area contributed by atoms with Crippen LogP contribution in [0.4, 0.5) is 5.82 Å². The third-order valence-corrected chi connectivity index (χ3v) is 7.20. The van der Waals surface area contributed by atoms with E-state index >= 15 is 0 Å². The minimum atomic E-state index is -0.150. The fourth-order valence-electron chi connectivity index (χ4n) is 4.51. The molecule has 0 spiro atoms. The van der Waals surface area contributed by atoms with Crippen molar-refractivity contribution in [2.75, 3.05) is 31.2 Å². The maximum atomic E-state index is 13.5. The monoisotopic (exact) mass is 490 g/mol. The molecule has 1 N–H and O–H groups in total. The second kappa shape index (κ2) is 9.75. The lowest BCUT2D eigenvalue weighted by Crippen LogP contribution is -2.37. The van der Waals surface area contributed by atoms with Gasteiger partial charge in [0, 0.05) is 52.8 Å². The Morgan fingerprint density at radius 3 is 2.74 bits per heavy atom. The molecule has 1 fully saturated rings. The number of fused-ring (bicyclic) bond motifs is 1. The van der Waals surface area contributed by atoms with E-state index in [0.29, 0.717) is 25.3 Å². The molecule has 1 saturated heterocycles. The molecule has 0 aromatic carbocycles. The number of hydrogen-bond donors (Lipinski definition) is 1. The van der Waals surface area contributed by atoms with E-state index < -0.39 is 0 Å². The van der Waals surface area contributed by atoms with Crippen LogP contribution in [-0.2, 0) is 11.3 Å². The lowest BCUT2D eigenvalue weighted by Gasteiger charge is -2.29. The van der Waals surface area contributed by atoms with Crippen LogP contribution in [0.2, 0.25) is 0 Å². The van der Waals surface area contributed by atoms with Gasteiger partial charge in [-0.15, -0.1) is 11.3 Å². The van der Waals surface area contributed by atoms with Gasteiger partial charge in [-0.2, -0.15) is 5.10 Å². The maximum absolute atomic E-state index is 13.5. The summed E-state index contributed by atoms with van der Waals surface area (Å²) in [6, 6.07) is 8.08. The smallest absolute Gasteiger partial charge is 0.252 e. The average molecular weight is 491 g/mol. The molecule has 0 atom stereocenters. The first-order valence-corrected chi connectivity index (χ1v) is 12.7. The fraction of sp³-hybridized carbons (Fsp3) is 0.385. The Morgan fingerprint density at radius 2 is 2.03 bits per heavy atom. The van der Waals surface area contributed by atoms with Gasteiger partial charge in [0.1, 0.15) is 5.82 Å². The van der Waals surface area contributed by atoms with Gasteiger partial charge in [-0.3, -0.25) is 4.79 Å². The molecule has 1 aliphatic rings. The van der Waals surface area contributed by atoms with Gasteiger partial charge in [0.25, 0.3) is 5.91 Å². The summed E-state index contributed by atoms with van der Waals surface area (Å²) in [5.41, 5.74) is 4.14. The molecular formula is C26H30N6O2S. The maximum Gasteiger partial charge on any atom is 0.252 e. The molecule has 35 heavy (non-hydrogen) atoms. The predicted molar refractivity (Wildman–Crippen MR) is 139 cm³/mol. The summed E-state index contributed by atoms with van der Waals surface area (Å²) in [7, 11) is 0. The molecule has 0 saturated carbocycles. The second-order valence-electron chi connectivity index (χ2n) is 9.07. The van der Waals surface area contributed by atoms with Crippen molar-refractivity contribution in [3.05, 3.63) is 57.5 Å². The number of pyridine rings is 2. The summed E-state index contributed by atoms with van der Waals surface area (Å²) in [5.74, 6) is 0.747. The zero-order valence-electron chi connectivity index (χ0n) is 20.5. The van der Waals surface area contributed by atoms with Crippen molar-refractivity contribution < 1.29 is 9.53 Å². The van der Waals surface area contributed by atoms with Gasteiger partial charge in [-0.25, -0.2) is 14.6 Å². The van der Waals surface area contributed by atoms with E-state index in [1.54, 1.807) is 23.7 Å². The summed E-state index contributed by atoms with van der Waals surface area (Å²) in [6.45, 7) is 11.6. The second-order valence-corrected chi connectivity index (χ2v) is 10.5. The van der Waals surface area contributed by atoms with Crippen LogP contribution in [0.5, 0.6) is 0 Å². The number of aromatic nitrogens is 4. The number of nitrogens with one attached hydrogen (secondary N) is 1. The Balaban J connectivity index is 1.49. The fourth-order valence-corrected chi connectivity index (χ4v) is 5.44. The summed E-state index contributed by atoms with van der Waals surface area (Å²) in [5, 5.41) is 8.42. The highest BCUT2D eigenvalue weighted by Gasteiger charge is 2.21. The number of nitrogens with zero attached hydrogens (tertiary/aromatic N) is 5. The topological polar surface area (TPSA) is 85.2 Å². The van der Waals surface area contributed by atoms with Crippen LogP contribution in [0, 0.1) is 13.8 Å². The van der Waals surface area contributed by atoms with E-state index in [0.717, 1.165) is 46.8 Å². The summed E-state index contributed by atoms with van der Waals surface area (Å²) in [6.07, 6.45) is 3.54. The number of carbonyl (C=O) groups is 1. The minimum Gasteiger partial charge on any atom is -0.378 e. The van der Waals surface area contributed by atoms with Crippen LogP contribution in [0.3, 0.4) is 0 Å². The lowest BCUT2D eigenvalue weighted by atomic mass is 10.1. The number of rotatable bonds is 6. The molecule has 4 aromatic heterocycles. The van der Waals surface area contributed by atoms with Crippen molar-refractivity contribution in [3.63, 3.8) is 0 Å². The van der Waals surface area contributed by atoms with Crippen LogP contribution >= 0.6 is 11.3 Å². The predicted octanol–water partition coefficient (Wildman–Crippen LogP) is 4.52. The van der Waals surface area contributed by atoms with Crippen LogP contribution < -0.4 is 10.2 Å². The first kappa shape index (κ1) is 23.4. The molecule has 8 nitrogen and oxygen atoms in total. The highest BCUT2D eigenvalue weighted by atomic mass is 32.1. The molecule has 1 aliphatic heterocycles. The summed E-state index contributed by atoms with van der Waals surface area (Å²) in [4.78, 5) is 27.7. The quantitative estimate of drug-likeness (QED) is 0.428. The van der Waals surface area contributed by atoms with Gasteiger partial charge in [-0.1, -0.05) is 6.07 Å². The standard InChI is InChI=1S/C26H30N6O2S/c1-16(2)32-25-22(15-29-32)21(13-23(30-25)20-12-17(3)35-18(20)4)26(33)28-14-19-6-5-7-27-24(19)31-8-10-34-11-9-31/h5-7,12-13,15-16H,8-11,14H2,1-4H3,(H,28,33). The first-order chi connectivity index (χ1) is 16.9. The van der Waals surface area contributed by atoms with Crippen molar-refractivity contribution in [2.45, 2.75) is 40.3 Å².